The molecule has 18 heavy (non-hydrogen) atoms. The van der Waals surface area contributed by atoms with Crippen molar-refractivity contribution in [1.29, 1.82) is 0 Å². The molecule has 0 saturated heterocycles. The smallest absolute Gasteiger partial charge is 0.338 e. The Morgan fingerprint density at radius 1 is 1.33 bits per heavy atom. The maximum Gasteiger partial charge on any atom is 0.338 e. The van der Waals surface area contributed by atoms with Crippen LogP contribution in [-0.2, 0) is 4.74 Å². The van der Waals surface area contributed by atoms with Crippen molar-refractivity contribution in [3.05, 3.63) is 29.8 Å². The molecule has 0 heterocycles. The third-order valence-corrected chi connectivity index (χ3v) is 2.44. The summed E-state index contributed by atoms with van der Waals surface area (Å²) in [7, 11) is 1.93. The number of hydrogen-bond acceptors (Lipinski definition) is 4. The van der Waals surface area contributed by atoms with Gasteiger partial charge < -0.3 is 14.8 Å². The number of rotatable bonds is 8. The summed E-state index contributed by atoms with van der Waals surface area (Å²) < 4.78 is 10.5. The monoisotopic (exact) mass is 251 g/mol. The van der Waals surface area contributed by atoms with E-state index in [1.54, 1.807) is 25.1 Å². The van der Waals surface area contributed by atoms with E-state index in [9.17, 15) is 4.79 Å². The highest BCUT2D eigenvalue weighted by Crippen LogP contribution is 2.14. The van der Waals surface area contributed by atoms with E-state index in [4.69, 9.17) is 9.47 Å². The van der Waals surface area contributed by atoms with Gasteiger partial charge in [0.2, 0.25) is 0 Å². The molecule has 0 aliphatic heterocycles. The van der Waals surface area contributed by atoms with Crippen LogP contribution < -0.4 is 10.1 Å². The van der Waals surface area contributed by atoms with Gasteiger partial charge in [-0.2, -0.15) is 0 Å². The lowest BCUT2D eigenvalue weighted by Crippen LogP contribution is -2.09. The SMILES string of the molecule is CCOC(=O)c1cccc(OCCCCNC)c1. The summed E-state index contributed by atoms with van der Waals surface area (Å²) in [6.07, 6.45) is 2.07. The highest BCUT2D eigenvalue weighted by molar-refractivity contribution is 5.89. The third kappa shape index (κ3) is 5.19. The Morgan fingerprint density at radius 3 is 2.89 bits per heavy atom. The molecular weight excluding hydrogens is 230 g/mol. The van der Waals surface area contributed by atoms with Crippen molar-refractivity contribution < 1.29 is 14.3 Å². The standard InChI is InChI=1S/C14H21NO3/c1-3-17-14(16)12-7-6-8-13(11-12)18-10-5-4-9-15-2/h6-8,11,15H,3-5,9-10H2,1-2H3. The highest BCUT2D eigenvalue weighted by Gasteiger charge is 2.06. The first-order chi connectivity index (χ1) is 8.77. The molecule has 1 rings (SSSR count). The van der Waals surface area contributed by atoms with Crippen LogP contribution in [0.3, 0.4) is 0 Å². The summed E-state index contributed by atoms with van der Waals surface area (Å²) in [4.78, 5) is 11.5. The summed E-state index contributed by atoms with van der Waals surface area (Å²) in [6, 6.07) is 7.10. The minimum atomic E-state index is -0.307. The first-order valence-corrected chi connectivity index (χ1v) is 6.32. The fourth-order valence-electron chi connectivity index (χ4n) is 1.52. The molecule has 0 unspecified atom stereocenters. The summed E-state index contributed by atoms with van der Waals surface area (Å²) in [6.45, 7) is 3.83. The summed E-state index contributed by atoms with van der Waals surface area (Å²) in [5.74, 6) is 0.406. The molecule has 1 N–H and O–H groups in total. The van der Waals surface area contributed by atoms with Crippen LogP contribution in [0, 0.1) is 0 Å². The second-order valence-corrected chi connectivity index (χ2v) is 3.91. The molecule has 0 fully saturated rings. The van der Waals surface area contributed by atoms with Crippen molar-refractivity contribution in [2.45, 2.75) is 19.8 Å². The van der Waals surface area contributed by atoms with Gasteiger partial charge in [-0.25, -0.2) is 4.79 Å². The molecular formula is C14H21NO3. The van der Waals surface area contributed by atoms with Crippen LogP contribution in [0.2, 0.25) is 0 Å². The van der Waals surface area contributed by atoms with Gasteiger partial charge in [-0.15, -0.1) is 0 Å². The molecule has 0 saturated carbocycles. The molecule has 1 aromatic rings. The van der Waals surface area contributed by atoms with E-state index in [1.807, 2.05) is 13.1 Å². The van der Waals surface area contributed by atoms with Gasteiger partial charge in [0.25, 0.3) is 0 Å². The molecule has 0 amide bonds. The molecule has 4 heteroatoms. The van der Waals surface area contributed by atoms with Gasteiger partial charge >= 0.3 is 5.97 Å². The molecule has 1 aromatic carbocycles. The maximum absolute atomic E-state index is 11.5. The van der Waals surface area contributed by atoms with E-state index in [0.29, 0.717) is 24.5 Å². The lowest BCUT2D eigenvalue weighted by molar-refractivity contribution is 0.0526. The van der Waals surface area contributed by atoms with E-state index < -0.39 is 0 Å². The summed E-state index contributed by atoms with van der Waals surface area (Å²) in [5, 5.41) is 3.09. The van der Waals surface area contributed by atoms with Crippen LogP contribution in [0.15, 0.2) is 24.3 Å². The molecule has 100 valence electrons. The second-order valence-electron chi connectivity index (χ2n) is 3.91. The number of unbranched alkanes of at least 4 members (excludes halogenated alkanes) is 1. The Hall–Kier alpha value is -1.55. The van der Waals surface area contributed by atoms with Crippen LogP contribution in [0.25, 0.3) is 0 Å². The predicted octanol–water partition coefficient (Wildman–Crippen LogP) is 2.24. The largest absolute Gasteiger partial charge is 0.494 e. The van der Waals surface area contributed by atoms with Gasteiger partial charge in [0.1, 0.15) is 5.75 Å². The Bertz CT molecular complexity index is 366. The lowest BCUT2D eigenvalue weighted by atomic mass is 10.2. The molecule has 0 atom stereocenters. The van der Waals surface area contributed by atoms with Gasteiger partial charge in [-0.1, -0.05) is 6.07 Å². The molecule has 0 aromatic heterocycles. The number of ether oxygens (including phenoxy) is 2. The zero-order chi connectivity index (χ0) is 13.2. The van der Waals surface area contributed by atoms with Gasteiger partial charge in [0.15, 0.2) is 0 Å². The van der Waals surface area contributed by atoms with E-state index in [-0.39, 0.29) is 5.97 Å². The Balaban J connectivity index is 2.42. The molecule has 0 aliphatic rings. The number of nitrogens with one attached hydrogen (secondary N) is 1. The normalized spacial score (nSPS) is 10.1. The molecule has 0 bridgehead atoms. The Labute approximate surface area is 108 Å². The predicted molar refractivity (Wildman–Crippen MR) is 71.1 cm³/mol. The lowest BCUT2D eigenvalue weighted by Gasteiger charge is -2.07. The summed E-state index contributed by atoms with van der Waals surface area (Å²) >= 11 is 0. The zero-order valence-corrected chi connectivity index (χ0v) is 11.1. The van der Waals surface area contributed by atoms with Crippen LogP contribution >= 0.6 is 0 Å². The fourth-order valence-corrected chi connectivity index (χ4v) is 1.52. The average Bonchev–Trinajstić information content (AvgIpc) is 2.39. The quantitative estimate of drug-likeness (QED) is 0.568. The minimum Gasteiger partial charge on any atom is -0.494 e. The number of carbonyl (C=O) groups is 1. The number of esters is 1. The highest BCUT2D eigenvalue weighted by atomic mass is 16.5. The fraction of sp³-hybridized carbons (Fsp3) is 0.500. The van der Waals surface area contributed by atoms with Crippen molar-refractivity contribution in [3.63, 3.8) is 0 Å². The first kappa shape index (κ1) is 14.5. The third-order valence-electron chi connectivity index (χ3n) is 2.44. The van der Waals surface area contributed by atoms with Crippen LogP contribution in [0.1, 0.15) is 30.1 Å². The number of hydrogen-bond donors (Lipinski definition) is 1. The number of carbonyl (C=O) groups excluding carboxylic acids is 1. The maximum atomic E-state index is 11.5. The van der Waals surface area contributed by atoms with Gasteiger partial charge in [-0.05, 0) is 51.6 Å². The zero-order valence-electron chi connectivity index (χ0n) is 11.1. The first-order valence-electron chi connectivity index (χ1n) is 6.32. The molecule has 4 nitrogen and oxygen atoms in total. The topological polar surface area (TPSA) is 47.6 Å². The van der Waals surface area contributed by atoms with Gasteiger partial charge in [0, 0.05) is 0 Å². The van der Waals surface area contributed by atoms with Gasteiger partial charge in [-0.3, -0.25) is 0 Å². The van der Waals surface area contributed by atoms with Crippen LogP contribution in [0.4, 0.5) is 0 Å². The Morgan fingerprint density at radius 2 is 2.17 bits per heavy atom. The van der Waals surface area contributed by atoms with E-state index in [0.717, 1.165) is 19.4 Å². The molecule has 0 radical (unpaired) electrons. The van der Waals surface area contributed by atoms with Crippen LogP contribution in [0.5, 0.6) is 5.75 Å². The number of benzene rings is 1. The molecule has 0 aliphatic carbocycles. The minimum absolute atomic E-state index is 0.307. The average molecular weight is 251 g/mol. The van der Waals surface area contributed by atoms with E-state index in [2.05, 4.69) is 5.32 Å². The Kier molecular flexibility index (Phi) is 6.87. The summed E-state index contributed by atoms with van der Waals surface area (Å²) in [5.41, 5.74) is 0.532. The van der Waals surface area contributed by atoms with Crippen molar-refractivity contribution >= 4 is 5.97 Å². The van der Waals surface area contributed by atoms with Crippen molar-refractivity contribution in [2.24, 2.45) is 0 Å². The molecule has 0 spiro atoms. The van der Waals surface area contributed by atoms with Crippen molar-refractivity contribution in [3.8, 4) is 5.75 Å². The van der Waals surface area contributed by atoms with Crippen LogP contribution in [-0.4, -0.2) is 32.8 Å². The van der Waals surface area contributed by atoms with Gasteiger partial charge in [0.05, 0.1) is 18.8 Å². The second kappa shape index (κ2) is 8.53. The van der Waals surface area contributed by atoms with Crippen molar-refractivity contribution in [2.75, 3.05) is 26.8 Å². The van der Waals surface area contributed by atoms with E-state index >= 15 is 0 Å². The van der Waals surface area contributed by atoms with Crippen molar-refractivity contribution in [1.82, 2.24) is 5.32 Å². The van der Waals surface area contributed by atoms with E-state index in [1.165, 1.54) is 0 Å².